The number of hydrogen-bond donors (Lipinski definition) is 2. The summed E-state index contributed by atoms with van der Waals surface area (Å²) in [5.41, 5.74) is 10.9. The number of aromatic hydroxyl groups is 1. The minimum absolute atomic E-state index is 0.307. The smallest absolute Gasteiger partial charge is 0.120 e. The van der Waals surface area contributed by atoms with Crippen LogP contribution in [0.5, 0.6) is 5.75 Å². The van der Waals surface area contributed by atoms with E-state index in [9.17, 15) is 5.11 Å². The number of aryl methyl sites for hydroxylation is 1. The average Bonchev–Trinajstić information content (AvgIpc) is 2.75. The summed E-state index contributed by atoms with van der Waals surface area (Å²) in [6.45, 7) is 7.31. The van der Waals surface area contributed by atoms with E-state index in [2.05, 4.69) is 26.8 Å². The fourth-order valence-electron chi connectivity index (χ4n) is 3.21. The van der Waals surface area contributed by atoms with Crippen molar-refractivity contribution in [2.45, 2.75) is 46.6 Å². The van der Waals surface area contributed by atoms with E-state index >= 15 is 0 Å². The Kier molecular flexibility index (Phi) is 3.58. The quantitative estimate of drug-likeness (QED) is 0.863. The molecule has 0 spiro atoms. The predicted octanol–water partition coefficient (Wildman–Crippen LogP) is 4.40. The zero-order chi connectivity index (χ0) is 15.2. The van der Waals surface area contributed by atoms with Gasteiger partial charge in [-0.15, -0.1) is 11.3 Å². The molecule has 0 saturated heterocycles. The highest BCUT2D eigenvalue weighted by Crippen LogP contribution is 2.45. The Hall–Kier alpha value is -1.32. The summed E-state index contributed by atoms with van der Waals surface area (Å²) in [6, 6.07) is 5.88. The van der Waals surface area contributed by atoms with Gasteiger partial charge in [0.1, 0.15) is 5.75 Å². The van der Waals surface area contributed by atoms with Crippen LogP contribution in [0.1, 0.15) is 41.8 Å². The molecule has 21 heavy (non-hydrogen) atoms. The highest BCUT2D eigenvalue weighted by Gasteiger charge is 2.29. The van der Waals surface area contributed by atoms with E-state index in [1.54, 1.807) is 0 Å². The van der Waals surface area contributed by atoms with Crippen molar-refractivity contribution in [3.05, 3.63) is 39.8 Å². The second-order valence-electron chi connectivity index (χ2n) is 6.85. The van der Waals surface area contributed by atoms with Gasteiger partial charge in [-0.05, 0) is 54.4 Å². The first-order valence-corrected chi connectivity index (χ1v) is 8.36. The second-order valence-corrected chi connectivity index (χ2v) is 7.95. The number of fused-ring (bicyclic) bond motifs is 1. The Morgan fingerprint density at radius 2 is 2.10 bits per heavy atom. The third-order valence-electron chi connectivity index (χ3n) is 4.61. The van der Waals surface area contributed by atoms with Crippen LogP contribution in [-0.2, 0) is 19.4 Å². The van der Waals surface area contributed by atoms with Crippen LogP contribution in [0.25, 0.3) is 10.4 Å². The van der Waals surface area contributed by atoms with Crippen LogP contribution in [0.15, 0.2) is 18.2 Å². The molecule has 1 aliphatic rings. The van der Waals surface area contributed by atoms with Crippen LogP contribution in [0, 0.1) is 12.3 Å². The van der Waals surface area contributed by atoms with Gasteiger partial charge in [0, 0.05) is 21.9 Å². The lowest BCUT2D eigenvalue weighted by molar-refractivity contribution is 0.317. The van der Waals surface area contributed by atoms with Gasteiger partial charge in [-0.1, -0.05) is 26.0 Å². The molecule has 0 atom stereocenters. The van der Waals surface area contributed by atoms with Crippen molar-refractivity contribution in [1.29, 1.82) is 0 Å². The highest BCUT2D eigenvalue weighted by molar-refractivity contribution is 7.15. The maximum atomic E-state index is 10.1. The molecule has 112 valence electrons. The summed E-state index contributed by atoms with van der Waals surface area (Å²) in [4.78, 5) is 2.83. The Bertz CT molecular complexity index is 685. The standard InChI is InChI=1S/C18H23NOS/c1-11-14-9-18(2,3)7-6-16(14)21-17(11)12-4-5-13(10-19)15(20)8-12/h4-5,8,20H,6-7,9-10,19H2,1-3H3. The summed E-state index contributed by atoms with van der Waals surface area (Å²) in [5, 5.41) is 10.1. The largest absolute Gasteiger partial charge is 0.508 e. The van der Waals surface area contributed by atoms with Crippen LogP contribution < -0.4 is 5.73 Å². The summed E-state index contributed by atoms with van der Waals surface area (Å²) in [5.74, 6) is 0.307. The number of phenols is 1. The van der Waals surface area contributed by atoms with Gasteiger partial charge in [-0.25, -0.2) is 0 Å². The molecule has 2 nitrogen and oxygen atoms in total. The molecule has 3 rings (SSSR count). The Balaban J connectivity index is 2.05. The molecule has 1 aliphatic carbocycles. The molecule has 0 amide bonds. The molecule has 0 unspecified atom stereocenters. The number of rotatable bonds is 2. The van der Waals surface area contributed by atoms with Crippen molar-refractivity contribution < 1.29 is 5.11 Å². The van der Waals surface area contributed by atoms with Crippen LogP contribution in [0.2, 0.25) is 0 Å². The van der Waals surface area contributed by atoms with Crippen LogP contribution in [0.4, 0.5) is 0 Å². The van der Waals surface area contributed by atoms with Gasteiger partial charge >= 0.3 is 0 Å². The first-order chi connectivity index (χ1) is 9.91. The van der Waals surface area contributed by atoms with Crippen molar-refractivity contribution >= 4 is 11.3 Å². The third kappa shape index (κ3) is 2.60. The van der Waals surface area contributed by atoms with E-state index in [1.807, 2.05) is 23.5 Å². The van der Waals surface area contributed by atoms with E-state index in [0.29, 0.717) is 17.7 Å². The van der Waals surface area contributed by atoms with E-state index in [-0.39, 0.29) is 0 Å². The van der Waals surface area contributed by atoms with Crippen molar-refractivity contribution in [3.8, 4) is 16.2 Å². The molecule has 1 aromatic heterocycles. The molecular formula is C18H23NOS. The van der Waals surface area contributed by atoms with Crippen LogP contribution in [-0.4, -0.2) is 5.11 Å². The molecular weight excluding hydrogens is 278 g/mol. The van der Waals surface area contributed by atoms with Crippen molar-refractivity contribution in [2.75, 3.05) is 0 Å². The molecule has 2 aromatic rings. The lowest BCUT2D eigenvalue weighted by atomic mass is 9.76. The number of benzene rings is 1. The van der Waals surface area contributed by atoms with Gasteiger partial charge in [0.05, 0.1) is 0 Å². The fraction of sp³-hybridized carbons (Fsp3) is 0.444. The summed E-state index contributed by atoms with van der Waals surface area (Å²) in [7, 11) is 0. The van der Waals surface area contributed by atoms with Crippen LogP contribution >= 0.6 is 11.3 Å². The van der Waals surface area contributed by atoms with Crippen LogP contribution in [0.3, 0.4) is 0 Å². The lowest BCUT2D eigenvalue weighted by Gasteiger charge is -2.29. The zero-order valence-corrected chi connectivity index (χ0v) is 13.8. The average molecular weight is 301 g/mol. The maximum absolute atomic E-state index is 10.1. The molecule has 3 heteroatoms. The minimum atomic E-state index is 0.307. The van der Waals surface area contributed by atoms with Gasteiger partial charge in [0.25, 0.3) is 0 Å². The topological polar surface area (TPSA) is 46.2 Å². The van der Waals surface area contributed by atoms with E-state index in [4.69, 9.17) is 5.73 Å². The van der Waals surface area contributed by atoms with Crippen molar-refractivity contribution in [3.63, 3.8) is 0 Å². The Labute approximate surface area is 130 Å². The van der Waals surface area contributed by atoms with Gasteiger partial charge in [-0.3, -0.25) is 0 Å². The summed E-state index contributed by atoms with van der Waals surface area (Å²) in [6.07, 6.45) is 3.61. The van der Waals surface area contributed by atoms with E-state index in [0.717, 1.165) is 17.5 Å². The third-order valence-corrected chi connectivity index (χ3v) is 6.05. The molecule has 1 heterocycles. The van der Waals surface area contributed by atoms with Crippen molar-refractivity contribution in [2.24, 2.45) is 11.1 Å². The molecule has 1 aromatic carbocycles. The van der Waals surface area contributed by atoms with E-state index < -0.39 is 0 Å². The molecule has 0 saturated carbocycles. The molecule has 0 aliphatic heterocycles. The highest BCUT2D eigenvalue weighted by atomic mass is 32.1. The number of thiophene rings is 1. The number of hydrogen-bond acceptors (Lipinski definition) is 3. The summed E-state index contributed by atoms with van der Waals surface area (Å²) < 4.78 is 0. The first-order valence-electron chi connectivity index (χ1n) is 7.55. The monoisotopic (exact) mass is 301 g/mol. The predicted molar refractivity (Wildman–Crippen MR) is 89.9 cm³/mol. The molecule has 0 fully saturated rings. The van der Waals surface area contributed by atoms with E-state index in [1.165, 1.54) is 33.7 Å². The Morgan fingerprint density at radius 1 is 1.33 bits per heavy atom. The summed E-state index contributed by atoms with van der Waals surface area (Å²) >= 11 is 1.90. The first kappa shape index (κ1) is 14.6. The number of phenolic OH excluding ortho intramolecular Hbond substituents is 1. The Morgan fingerprint density at radius 3 is 2.76 bits per heavy atom. The fourth-order valence-corrected chi connectivity index (χ4v) is 4.53. The lowest BCUT2D eigenvalue weighted by Crippen LogP contribution is -2.21. The van der Waals surface area contributed by atoms with Gasteiger partial charge < -0.3 is 10.8 Å². The second kappa shape index (κ2) is 5.15. The van der Waals surface area contributed by atoms with Gasteiger partial charge in [-0.2, -0.15) is 0 Å². The molecule has 0 bridgehead atoms. The molecule has 3 N–H and O–H groups in total. The van der Waals surface area contributed by atoms with Gasteiger partial charge in [0.15, 0.2) is 0 Å². The maximum Gasteiger partial charge on any atom is 0.120 e. The van der Waals surface area contributed by atoms with Gasteiger partial charge in [0.2, 0.25) is 0 Å². The van der Waals surface area contributed by atoms with Crippen molar-refractivity contribution in [1.82, 2.24) is 0 Å². The SMILES string of the molecule is Cc1c(-c2ccc(CN)c(O)c2)sc2c1CC(C)(C)CC2. The normalized spacial score (nSPS) is 16.8. The zero-order valence-electron chi connectivity index (χ0n) is 13.0. The minimum Gasteiger partial charge on any atom is -0.508 e. The number of nitrogens with two attached hydrogens (primary N) is 1. The molecule has 0 radical (unpaired) electrons.